The first-order valence-electron chi connectivity index (χ1n) is 10.3. The van der Waals surface area contributed by atoms with Crippen LogP contribution in [0.25, 0.3) is 11.0 Å². The highest BCUT2D eigenvalue weighted by Gasteiger charge is 2.29. The number of rotatable bonds is 6. The van der Waals surface area contributed by atoms with Gasteiger partial charge < -0.3 is 34.8 Å². The van der Waals surface area contributed by atoms with Crippen molar-refractivity contribution in [2.45, 2.75) is 38.7 Å². The minimum Gasteiger partial charge on any atom is -0.394 e. The largest absolute Gasteiger partial charge is 0.394 e. The van der Waals surface area contributed by atoms with E-state index < -0.39 is 36.4 Å². The topological polar surface area (TPSA) is 139 Å². The van der Waals surface area contributed by atoms with Crippen LogP contribution in [0.15, 0.2) is 16.9 Å². The number of aryl methyl sites for hydroxylation is 2. The number of amides is 1. The molecule has 1 aliphatic heterocycles. The fourth-order valence-corrected chi connectivity index (χ4v) is 3.64. The number of likely N-dealkylation sites (N-methyl/N-ethyl adjacent to an activating group) is 1. The maximum Gasteiger partial charge on any atom is 0.282 e. The summed E-state index contributed by atoms with van der Waals surface area (Å²) in [7, 11) is 1.96. The van der Waals surface area contributed by atoms with Crippen LogP contribution in [-0.4, -0.2) is 104 Å². The number of fused-ring (bicyclic) bond motifs is 1. The molecule has 1 amide bonds. The molecular weight excluding hydrogens is 404 g/mol. The van der Waals surface area contributed by atoms with Crippen LogP contribution in [0.2, 0.25) is 0 Å². The summed E-state index contributed by atoms with van der Waals surface area (Å²) in [6.45, 7) is 4.98. The molecule has 0 radical (unpaired) electrons. The monoisotopic (exact) mass is 434 g/mol. The second-order valence-corrected chi connectivity index (χ2v) is 8.20. The molecule has 2 aromatic rings. The number of nitrogens with zero attached hydrogens (tertiary/aromatic N) is 4. The Balaban J connectivity index is 2.08. The van der Waals surface area contributed by atoms with Crippen molar-refractivity contribution in [3.8, 4) is 0 Å². The number of hydrogen-bond donors (Lipinski definition) is 4. The van der Waals surface area contributed by atoms with Crippen molar-refractivity contribution in [2.24, 2.45) is 0 Å². The van der Waals surface area contributed by atoms with Gasteiger partial charge in [0, 0.05) is 26.2 Å². The van der Waals surface area contributed by atoms with Crippen molar-refractivity contribution >= 4 is 16.9 Å². The van der Waals surface area contributed by atoms with Gasteiger partial charge in [0.1, 0.15) is 18.3 Å². The van der Waals surface area contributed by atoms with Gasteiger partial charge in [-0.1, -0.05) is 0 Å². The molecule has 0 unspecified atom stereocenters. The lowest BCUT2D eigenvalue weighted by molar-refractivity contribution is -0.0805. The van der Waals surface area contributed by atoms with E-state index in [0.29, 0.717) is 37.2 Å². The Bertz CT molecular complexity index is 1020. The minimum atomic E-state index is -1.66. The summed E-state index contributed by atoms with van der Waals surface area (Å²) >= 11 is 0. The van der Waals surface area contributed by atoms with E-state index in [2.05, 4.69) is 9.88 Å². The summed E-state index contributed by atoms with van der Waals surface area (Å²) in [5, 5.41) is 39.1. The predicted octanol–water partition coefficient (Wildman–Crippen LogP) is -1.52. The minimum absolute atomic E-state index is 0.246. The molecule has 4 N–H and O–H groups in total. The molecule has 170 valence electrons. The summed E-state index contributed by atoms with van der Waals surface area (Å²) < 4.78 is 1.20. The predicted molar refractivity (Wildman–Crippen MR) is 114 cm³/mol. The normalized spacial score (nSPS) is 18.2. The third-order valence-corrected chi connectivity index (χ3v) is 5.90. The molecule has 10 heteroatoms. The van der Waals surface area contributed by atoms with Gasteiger partial charge in [0.2, 0.25) is 0 Å². The molecule has 0 aliphatic carbocycles. The van der Waals surface area contributed by atoms with Crippen LogP contribution in [0, 0.1) is 13.8 Å². The molecule has 1 saturated heterocycles. The maximum atomic E-state index is 13.3. The van der Waals surface area contributed by atoms with Gasteiger partial charge in [-0.05, 0) is 44.2 Å². The first-order valence-corrected chi connectivity index (χ1v) is 10.3. The van der Waals surface area contributed by atoms with Gasteiger partial charge in [-0.3, -0.25) is 9.59 Å². The number of hydrogen-bond acceptors (Lipinski definition) is 8. The highest BCUT2D eigenvalue weighted by atomic mass is 16.4. The second-order valence-electron chi connectivity index (χ2n) is 8.20. The summed E-state index contributed by atoms with van der Waals surface area (Å²) in [6.07, 6.45) is -4.77. The van der Waals surface area contributed by atoms with Gasteiger partial charge in [0.15, 0.2) is 5.69 Å². The van der Waals surface area contributed by atoms with Crippen LogP contribution in [0.4, 0.5) is 0 Å². The highest BCUT2D eigenvalue weighted by molar-refractivity contribution is 5.94. The molecule has 1 aliphatic rings. The summed E-state index contributed by atoms with van der Waals surface area (Å²) in [5.41, 5.74) is 1.73. The third-order valence-electron chi connectivity index (χ3n) is 5.90. The van der Waals surface area contributed by atoms with Crippen molar-refractivity contribution in [3.63, 3.8) is 0 Å². The van der Waals surface area contributed by atoms with E-state index in [4.69, 9.17) is 5.11 Å². The zero-order chi connectivity index (χ0) is 22.9. The zero-order valence-electron chi connectivity index (χ0n) is 18.0. The van der Waals surface area contributed by atoms with E-state index in [9.17, 15) is 24.9 Å². The van der Waals surface area contributed by atoms with Gasteiger partial charge >= 0.3 is 0 Å². The Morgan fingerprint density at radius 2 is 1.68 bits per heavy atom. The Kier molecular flexibility index (Phi) is 7.07. The number of aromatic nitrogens is 2. The molecule has 31 heavy (non-hydrogen) atoms. The van der Waals surface area contributed by atoms with Crippen molar-refractivity contribution in [1.82, 2.24) is 19.4 Å². The number of carbonyl (C=O) groups is 1. The summed E-state index contributed by atoms with van der Waals surface area (Å²) in [6, 6.07) is 3.51. The number of benzene rings is 1. The smallest absolute Gasteiger partial charge is 0.282 e. The molecule has 2 heterocycles. The first-order chi connectivity index (χ1) is 14.6. The standard InChI is InChI=1S/C21H30N4O6/c1-12-8-14-15(9-13(12)2)25(10-16(27)19(29)17(28)11-26)21(31)18(22-14)20(30)24-6-4-23(3)5-7-24/h8-9,16-17,19,26-29H,4-7,10-11H2,1-3H3/t16-,17+,19-/m0/s1. The Hall–Kier alpha value is -2.37. The number of aliphatic hydroxyl groups excluding tert-OH is 4. The van der Waals surface area contributed by atoms with Crippen LogP contribution in [0.3, 0.4) is 0 Å². The van der Waals surface area contributed by atoms with Gasteiger partial charge in [0.25, 0.3) is 11.5 Å². The van der Waals surface area contributed by atoms with Crippen molar-refractivity contribution in [3.05, 3.63) is 39.3 Å². The molecule has 0 saturated carbocycles. The molecule has 0 bridgehead atoms. The van der Waals surface area contributed by atoms with Crippen LogP contribution >= 0.6 is 0 Å². The molecule has 3 rings (SSSR count). The van der Waals surface area contributed by atoms with Gasteiger partial charge in [-0.25, -0.2) is 4.98 Å². The van der Waals surface area contributed by atoms with Crippen LogP contribution in [-0.2, 0) is 6.54 Å². The highest BCUT2D eigenvalue weighted by Crippen LogP contribution is 2.19. The number of piperazine rings is 1. The lowest BCUT2D eigenvalue weighted by atomic mass is 10.1. The Morgan fingerprint density at radius 3 is 2.29 bits per heavy atom. The SMILES string of the molecule is Cc1cc2nc(C(=O)N3CCN(C)CC3)c(=O)n(C[C@H](O)[C@H](O)[C@H](O)CO)c2cc1C. The van der Waals surface area contributed by atoms with Gasteiger partial charge in [-0.15, -0.1) is 0 Å². The fraction of sp³-hybridized carbons (Fsp3) is 0.571. The molecule has 3 atom stereocenters. The van der Waals surface area contributed by atoms with E-state index >= 15 is 0 Å². The first kappa shape index (κ1) is 23.3. The zero-order valence-corrected chi connectivity index (χ0v) is 18.0. The maximum absolute atomic E-state index is 13.3. The molecule has 1 fully saturated rings. The van der Waals surface area contributed by atoms with E-state index in [-0.39, 0.29) is 12.2 Å². The van der Waals surface area contributed by atoms with Crippen LogP contribution in [0.5, 0.6) is 0 Å². The molecule has 1 aromatic heterocycles. The molecule has 10 nitrogen and oxygen atoms in total. The van der Waals surface area contributed by atoms with Crippen molar-refractivity contribution in [2.75, 3.05) is 39.8 Å². The molecule has 1 aromatic carbocycles. The lowest BCUT2D eigenvalue weighted by Crippen LogP contribution is -2.49. The fourth-order valence-electron chi connectivity index (χ4n) is 3.64. The van der Waals surface area contributed by atoms with E-state index in [0.717, 1.165) is 11.1 Å². The van der Waals surface area contributed by atoms with E-state index in [1.165, 1.54) is 4.57 Å². The Labute approximate surface area is 180 Å². The van der Waals surface area contributed by atoms with E-state index in [1.807, 2.05) is 20.9 Å². The average molecular weight is 434 g/mol. The Morgan fingerprint density at radius 1 is 1.06 bits per heavy atom. The van der Waals surface area contributed by atoms with Crippen LogP contribution < -0.4 is 5.56 Å². The third kappa shape index (κ3) is 4.78. The molecule has 0 spiro atoms. The quantitative estimate of drug-likeness (QED) is 0.430. The van der Waals surface area contributed by atoms with E-state index in [1.54, 1.807) is 17.0 Å². The lowest BCUT2D eigenvalue weighted by Gasteiger charge is -2.32. The van der Waals surface area contributed by atoms with Gasteiger partial charge in [0.05, 0.1) is 24.2 Å². The number of aliphatic hydroxyl groups is 4. The number of carbonyl (C=O) groups excluding carboxylic acids is 1. The summed E-state index contributed by atoms with van der Waals surface area (Å²) in [5.74, 6) is -0.475. The van der Waals surface area contributed by atoms with Crippen molar-refractivity contribution < 1.29 is 25.2 Å². The second kappa shape index (κ2) is 9.41. The summed E-state index contributed by atoms with van der Waals surface area (Å²) in [4.78, 5) is 34.4. The average Bonchev–Trinajstić information content (AvgIpc) is 2.75. The van der Waals surface area contributed by atoms with Crippen molar-refractivity contribution in [1.29, 1.82) is 0 Å². The molecular formula is C21H30N4O6. The van der Waals surface area contributed by atoms with Gasteiger partial charge in [-0.2, -0.15) is 0 Å². The van der Waals surface area contributed by atoms with Crippen LogP contribution in [0.1, 0.15) is 21.6 Å².